The Morgan fingerprint density at radius 1 is 0.958 bits per heavy atom. The molecule has 0 unspecified atom stereocenters. The van der Waals surface area contributed by atoms with E-state index in [9.17, 15) is 4.79 Å². The van der Waals surface area contributed by atoms with Crippen LogP contribution in [0.25, 0.3) is 10.8 Å². The number of carbonyl (C=O) groups is 1. The first-order valence-electron chi connectivity index (χ1n) is 8.66. The second-order valence-electron chi connectivity index (χ2n) is 7.56. The zero-order valence-electron chi connectivity index (χ0n) is 15.0. The summed E-state index contributed by atoms with van der Waals surface area (Å²) in [5.41, 5.74) is 0.169. The van der Waals surface area contributed by atoms with Gasteiger partial charge in [-0.2, -0.15) is 0 Å². The molecule has 0 bridgehead atoms. The minimum Gasteiger partial charge on any atom is -0.403 e. The van der Waals surface area contributed by atoms with Crippen LogP contribution in [-0.4, -0.2) is 24.1 Å². The van der Waals surface area contributed by atoms with Gasteiger partial charge < -0.3 is 9.31 Å². The van der Waals surface area contributed by atoms with Crippen LogP contribution in [0.1, 0.15) is 50.9 Å². The molecule has 0 aliphatic carbocycles. The second-order valence-corrected chi connectivity index (χ2v) is 7.56. The number of fused-ring (bicyclic) bond motifs is 1. The Bertz CT molecular complexity index is 735. The van der Waals surface area contributed by atoms with Crippen molar-refractivity contribution in [3.05, 3.63) is 48.0 Å². The molecule has 0 amide bonds. The number of Topliss-reactive ketones (excluding diaryl/α,β-unsaturated/α-hetero) is 1. The lowest BCUT2D eigenvalue weighted by Gasteiger charge is -2.32. The number of rotatable bonds is 5. The number of hydrogen-bond acceptors (Lipinski definition) is 3. The molecule has 24 heavy (non-hydrogen) atoms. The van der Waals surface area contributed by atoms with Crippen LogP contribution >= 0.6 is 0 Å². The van der Waals surface area contributed by atoms with E-state index >= 15 is 0 Å². The average Bonchev–Trinajstić information content (AvgIpc) is 2.74. The third-order valence-electron chi connectivity index (χ3n) is 5.22. The summed E-state index contributed by atoms with van der Waals surface area (Å²) in [7, 11) is -0.223. The van der Waals surface area contributed by atoms with E-state index in [2.05, 4.69) is 6.07 Å². The van der Waals surface area contributed by atoms with Crippen LogP contribution in [0.3, 0.4) is 0 Å². The topological polar surface area (TPSA) is 35.5 Å². The Balaban J connectivity index is 1.56. The predicted octanol–water partition coefficient (Wildman–Crippen LogP) is 4.89. The van der Waals surface area contributed by atoms with Crippen LogP contribution in [0, 0.1) is 0 Å². The molecule has 126 valence electrons. The van der Waals surface area contributed by atoms with Crippen LogP contribution in [0.4, 0.5) is 0 Å². The normalized spacial score (nSPS) is 18.9. The predicted molar refractivity (Wildman–Crippen MR) is 98.4 cm³/mol. The summed E-state index contributed by atoms with van der Waals surface area (Å²) in [6.45, 7) is 8.20. The lowest BCUT2D eigenvalue weighted by Crippen LogP contribution is -2.41. The van der Waals surface area contributed by atoms with E-state index in [4.69, 9.17) is 9.31 Å². The second kappa shape index (κ2) is 6.34. The molecule has 1 fully saturated rings. The van der Waals surface area contributed by atoms with E-state index in [0.717, 1.165) is 29.1 Å². The number of benzene rings is 2. The van der Waals surface area contributed by atoms with Gasteiger partial charge in [0.15, 0.2) is 5.78 Å². The van der Waals surface area contributed by atoms with Gasteiger partial charge in [-0.25, -0.2) is 0 Å². The van der Waals surface area contributed by atoms with Crippen molar-refractivity contribution < 1.29 is 14.1 Å². The molecular formula is C20H25BO3. The van der Waals surface area contributed by atoms with Gasteiger partial charge in [-0.3, -0.25) is 4.79 Å². The molecule has 0 atom stereocenters. The number of ketones is 1. The maximum absolute atomic E-state index is 12.4. The fourth-order valence-corrected chi connectivity index (χ4v) is 3.02. The van der Waals surface area contributed by atoms with Gasteiger partial charge in [0.25, 0.3) is 0 Å². The summed E-state index contributed by atoms with van der Waals surface area (Å²) in [6, 6.07) is 14.0. The Morgan fingerprint density at radius 3 is 2.25 bits per heavy atom. The molecule has 0 spiro atoms. The van der Waals surface area contributed by atoms with Crippen molar-refractivity contribution in [3.63, 3.8) is 0 Å². The monoisotopic (exact) mass is 324 g/mol. The molecule has 4 heteroatoms. The summed E-state index contributed by atoms with van der Waals surface area (Å²) in [6.07, 6.45) is 2.02. The molecule has 1 aliphatic heterocycles. The SMILES string of the molecule is CC1(C)OB(CCCC(=O)c2ccc3ccccc3c2)OC1(C)C. The Labute approximate surface area is 144 Å². The summed E-state index contributed by atoms with van der Waals surface area (Å²) in [4.78, 5) is 12.4. The highest BCUT2D eigenvalue weighted by Gasteiger charge is 2.50. The average molecular weight is 324 g/mol. The first kappa shape index (κ1) is 17.2. The molecule has 2 aromatic carbocycles. The summed E-state index contributed by atoms with van der Waals surface area (Å²) in [5, 5.41) is 2.26. The minimum atomic E-state index is -0.306. The fourth-order valence-electron chi connectivity index (χ4n) is 3.02. The fraction of sp³-hybridized carbons (Fsp3) is 0.450. The van der Waals surface area contributed by atoms with Gasteiger partial charge in [0, 0.05) is 12.0 Å². The maximum Gasteiger partial charge on any atom is 0.457 e. The van der Waals surface area contributed by atoms with Gasteiger partial charge in [-0.05, 0) is 57.3 Å². The lowest BCUT2D eigenvalue weighted by molar-refractivity contribution is 0.00578. The Morgan fingerprint density at radius 2 is 1.58 bits per heavy atom. The van der Waals surface area contributed by atoms with E-state index in [0.29, 0.717) is 6.42 Å². The molecule has 0 N–H and O–H groups in total. The molecule has 1 saturated heterocycles. The standard InChI is InChI=1S/C20H25BO3/c1-19(2)20(3,4)24-21(23-19)13-7-10-18(22)17-12-11-15-8-5-6-9-16(15)14-17/h5-6,8-9,11-12,14H,7,10,13H2,1-4H3. The summed E-state index contributed by atoms with van der Waals surface area (Å²) >= 11 is 0. The smallest absolute Gasteiger partial charge is 0.403 e. The van der Waals surface area contributed by atoms with Gasteiger partial charge >= 0.3 is 7.12 Å². The van der Waals surface area contributed by atoms with Crippen molar-refractivity contribution in [3.8, 4) is 0 Å². The van der Waals surface area contributed by atoms with Crippen molar-refractivity contribution in [2.75, 3.05) is 0 Å². The van der Waals surface area contributed by atoms with Crippen LogP contribution in [-0.2, 0) is 9.31 Å². The van der Waals surface area contributed by atoms with E-state index in [1.54, 1.807) is 0 Å². The van der Waals surface area contributed by atoms with E-state index in [-0.39, 0.29) is 24.1 Å². The first-order valence-corrected chi connectivity index (χ1v) is 8.66. The van der Waals surface area contributed by atoms with E-state index in [1.807, 2.05) is 64.1 Å². The van der Waals surface area contributed by atoms with Crippen LogP contribution < -0.4 is 0 Å². The maximum atomic E-state index is 12.4. The lowest BCUT2D eigenvalue weighted by atomic mass is 9.82. The molecule has 0 radical (unpaired) electrons. The molecular weight excluding hydrogens is 299 g/mol. The van der Waals surface area contributed by atoms with Crippen molar-refractivity contribution in [1.29, 1.82) is 0 Å². The molecule has 2 aromatic rings. The highest BCUT2D eigenvalue weighted by atomic mass is 16.7. The molecule has 3 nitrogen and oxygen atoms in total. The zero-order chi connectivity index (χ0) is 17.4. The van der Waals surface area contributed by atoms with Gasteiger partial charge in [-0.15, -0.1) is 0 Å². The van der Waals surface area contributed by atoms with Crippen LogP contribution in [0.5, 0.6) is 0 Å². The third-order valence-corrected chi connectivity index (χ3v) is 5.22. The summed E-state index contributed by atoms with van der Waals surface area (Å²) in [5.74, 6) is 0.178. The minimum absolute atomic E-state index is 0.178. The number of carbonyl (C=O) groups excluding carboxylic acids is 1. The van der Waals surface area contributed by atoms with Crippen molar-refractivity contribution in [2.24, 2.45) is 0 Å². The molecule has 1 heterocycles. The Hall–Kier alpha value is -1.65. The van der Waals surface area contributed by atoms with E-state index < -0.39 is 0 Å². The van der Waals surface area contributed by atoms with Gasteiger partial charge in [0.05, 0.1) is 11.2 Å². The van der Waals surface area contributed by atoms with Crippen LogP contribution in [0.2, 0.25) is 6.32 Å². The van der Waals surface area contributed by atoms with Crippen molar-refractivity contribution >= 4 is 23.7 Å². The molecule has 3 rings (SSSR count). The van der Waals surface area contributed by atoms with E-state index in [1.165, 1.54) is 0 Å². The van der Waals surface area contributed by atoms with Crippen molar-refractivity contribution in [1.82, 2.24) is 0 Å². The Kier molecular flexibility index (Phi) is 4.54. The molecule has 1 aliphatic rings. The van der Waals surface area contributed by atoms with Gasteiger partial charge in [0.2, 0.25) is 0 Å². The van der Waals surface area contributed by atoms with Gasteiger partial charge in [0.1, 0.15) is 0 Å². The quantitative estimate of drug-likeness (QED) is 0.580. The molecule has 0 aromatic heterocycles. The highest BCUT2D eigenvalue weighted by molar-refractivity contribution is 6.45. The summed E-state index contributed by atoms with van der Waals surface area (Å²) < 4.78 is 12.0. The van der Waals surface area contributed by atoms with Crippen molar-refractivity contribution in [2.45, 2.75) is 58.1 Å². The van der Waals surface area contributed by atoms with Crippen LogP contribution in [0.15, 0.2) is 42.5 Å². The molecule has 0 saturated carbocycles. The third kappa shape index (κ3) is 3.40. The highest BCUT2D eigenvalue weighted by Crippen LogP contribution is 2.38. The first-order chi connectivity index (χ1) is 11.3. The van der Waals surface area contributed by atoms with Gasteiger partial charge in [-0.1, -0.05) is 36.4 Å². The number of hydrogen-bond donors (Lipinski definition) is 0. The zero-order valence-corrected chi connectivity index (χ0v) is 15.0. The largest absolute Gasteiger partial charge is 0.457 e.